The van der Waals surface area contributed by atoms with E-state index in [2.05, 4.69) is 9.88 Å². The Morgan fingerprint density at radius 1 is 1.22 bits per heavy atom. The Labute approximate surface area is 188 Å². The van der Waals surface area contributed by atoms with Gasteiger partial charge in [0.15, 0.2) is 0 Å². The first-order chi connectivity index (χ1) is 15.6. The number of aromatic nitrogens is 2. The minimum atomic E-state index is 0.00820. The Bertz CT molecular complexity index is 1040. The first kappa shape index (κ1) is 21.2. The van der Waals surface area contributed by atoms with Gasteiger partial charge in [-0.25, -0.2) is 4.98 Å². The van der Waals surface area contributed by atoms with Crippen molar-refractivity contribution >= 4 is 5.91 Å². The first-order valence-electron chi connectivity index (χ1n) is 11.9. The van der Waals surface area contributed by atoms with Crippen LogP contribution in [0, 0.1) is 0 Å². The van der Waals surface area contributed by atoms with Crippen molar-refractivity contribution in [1.82, 2.24) is 19.8 Å². The third-order valence-electron chi connectivity index (χ3n) is 7.37. The standard InChI is InChI=1S/C25H32N4O3/c1-32-20-8-4-5-17(13-20)14-23(30)29-11-9-18(15-29)24-26-22-10-12-28(19-6-2-3-7-19)16-21(22)25(31)27-24/h4-5,8,13,18-19H,2-3,6-7,9-12,14-16H2,1H3,(H,26,27,31). The van der Waals surface area contributed by atoms with E-state index < -0.39 is 0 Å². The van der Waals surface area contributed by atoms with E-state index in [-0.39, 0.29) is 17.4 Å². The van der Waals surface area contributed by atoms with Gasteiger partial charge in [-0.1, -0.05) is 25.0 Å². The van der Waals surface area contributed by atoms with Crippen LogP contribution in [0.5, 0.6) is 5.75 Å². The van der Waals surface area contributed by atoms with Crippen LogP contribution in [0.1, 0.15) is 60.7 Å². The van der Waals surface area contributed by atoms with Crippen LogP contribution in [0.4, 0.5) is 0 Å². The van der Waals surface area contributed by atoms with E-state index in [9.17, 15) is 9.59 Å². The molecule has 2 aliphatic heterocycles. The lowest BCUT2D eigenvalue weighted by molar-refractivity contribution is -0.129. The number of nitrogens with zero attached hydrogens (tertiary/aromatic N) is 3. The molecule has 3 aliphatic rings. The molecule has 1 aromatic carbocycles. The summed E-state index contributed by atoms with van der Waals surface area (Å²) in [5.41, 5.74) is 2.76. The molecule has 5 rings (SSSR count). The number of carbonyl (C=O) groups is 1. The number of H-pyrrole nitrogens is 1. The van der Waals surface area contributed by atoms with Gasteiger partial charge in [-0.2, -0.15) is 0 Å². The van der Waals surface area contributed by atoms with E-state index >= 15 is 0 Å². The molecule has 7 nitrogen and oxygen atoms in total. The van der Waals surface area contributed by atoms with Crippen LogP contribution in [0.3, 0.4) is 0 Å². The number of hydrogen-bond donors (Lipinski definition) is 1. The number of nitrogens with one attached hydrogen (secondary N) is 1. The van der Waals surface area contributed by atoms with Crippen LogP contribution in [0.25, 0.3) is 0 Å². The second-order valence-corrected chi connectivity index (χ2v) is 9.39. The average molecular weight is 437 g/mol. The molecule has 1 N–H and O–H groups in total. The maximum absolute atomic E-state index is 12.9. The van der Waals surface area contributed by atoms with Gasteiger partial charge in [0.2, 0.25) is 5.91 Å². The molecule has 1 atom stereocenters. The van der Waals surface area contributed by atoms with Crippen LogP contribution >= 0.6 is 0 Å². The largest absolute Gasteiger partial charge is 0.497 e. The number of benzene rings is 1. The molecule has 1 saturated carbocycles. The molecule has 7 heteroatoms. The number of carbonyl (C=O) groups excluding carboxylic acids is 1. The van der Waals surface area contributed by atoms with Gasteiger partial charge in [0.25, 0.3) is 5.56 Å². The quantitative estimate of drug-likeness (QED) is 0.780. The molecule has 1 aromatic heterocycles. The molecule has 1 unspecified atom stereocenters. The lowest BCUT2D eigenvalue weighted by atomic mass is 10.0. The fourth-order valence-corrected chi connectivity index (χ4v) is 5.52. The maximum atomic E-state index is 12.9. The molecule has 0 spiro atoms. The number of hydrogen-bond acceptors (Lipinski definition) is 5. The zero-order valence-electron chi connectivity index (χ0n) is 18.8. The Kier molecular flexibility index (Phi) is 6.00. The summed E-state index contributed by atoms with van der Waals surface area (Å²) in [6, 6.07) is 8.27. The van der Waals surface area contributed by atoms with Gasteiger partial charge in [-0.15, -0.1) is 0 Å². The highest BCUT2D eigenvalue weighted by Gasteiger charge is 2.32. The summed E-state index contributed by atoms with van der Waals surface area (Å²) in [6.45, 7) is 3.02. The fourth-order valence-electron chi connectivity index (χ4n) is 5.52. The van der Waals surface area contributed by atoms with Crippen molar-refractivity contribution in [2.75, 3.05) is 26.7 Å². The molecule has 32 heavy (non-hydrogen) atoms. The molecule has 1 amide bonds. The zero-order chi connectivity index (χ0) is 22.1. The lowest BCUT2D eigenvalue weighted by Gasteiger charge is -2.32. The maximum Gasteiger partial charge on any atom is 0.255 e. The van der Waals surface area contributed by atoms with Crippen molar-refractivity contribution in [3.63, 3.8) is 0 Å². The predicted octanol–water partition coefficient (Wildman–Crippen LogP) is 2.64. The predicted molar refractivity (Wildman–Crippen MR) is 122 cm³/mol. The van der Waals surface area contributed by atoms with Gasteiger partial charge in [-0.3, -0.25) is 14.5 Å². The molecule has 2 aromatic rings. The van der Waals surface area contributed by atoms with E-state index in [0.717, 1.165) is 54.3 Å². The normalized spacial score (nSPS) is 21.7. The van der Waals surface area contributed by atoms with Gasteiger partial charge in [0.1, 0.15) is 11.6 Å². The third kappa shape index (κ3) is 4.31. The highest BCUT2D eigenvalue weighted by molar-refractivity contribution is 5.79. The van der Waals surface area contributed by atoms with E-state index in [1.807, 2.05) is 29.2 Å². The van der Waals surface area contributed by atoms with Crippen LogP contribution < -0.4 is 10.3 Å². The van der Waals surface area contributed by atoms with Crippen molar-refractivity contribution < 1.29 is 9.53 Å². The SMILES string of the molecule is COc1cccc(CC(=O)N2CCC(c3nc4c(c(=O)[nH]3)CN(C3CCCC3)CC4)C2)c1. The van der Waals surface area contributed by atoms with E-state index in [1.54, 1.807) is 7.11 Å². The third-order valence-corrected chi connectivity index (χ3v) is 7.37. The van der Waals surface area contributed by atoms with Crippen molar-refractivity contribution in [2.45, 2.75) is 63.5 Å². The van der Waals surface area contributed by atoms with Crippen molar-refractivity contribution in [3.8, 4) is 5.75 Å². The van der Waals surface area contributed by atoms with Crippen molar-refractivity contribution in [3.05, 3.63) is 57.3 Å². The van der Waals surface area contributed by atoms with Gasteiger partial charge >= 0.3 is 0 Å². The second-order valence-electron chi connectivity index (χ2n) is 9.39. The number of likely N-dealkylation sites (tertiary alicyclic amines) is 1. The summed E-state index contributed by atoms with van der Waals surface area (Å²) >= 11 is 0. The van der Waals surface area contributed by atoms with Gasteiger partial charge in [0.05, 0.1) is 24.8 Å². The fraction of sp³-hybridized carbons (Fsp3) is 0.560. The summed E-state index contributed by atoms with van der Waals surface area (Å²) in [6.07, 6.45) is 7.14. The minimum Gasteiger partial charge on any atom is -0.497 e. The molecular formula is C25H32N4O3. The molecular weight excluding hydrogens is 404 g/mol. The smallest absolute Gasteiger partial charge is 0.255 e. The van der Waals surface area contributed by atoms with E-state index in [4.69, 9.17) is 9.72 Å². The molecule has 3 heterocycles. The highest BCUT2D eigenvalue weighted by atomic mass is 16.5. The van der Waals surface area contributed by atoms with Gasteiger partial charge in [0, 0.05) is 44.6 Å². The number of aromatic amines is 1. The molecule has 1 saturated heterocycles. The van der Waals surface area contributed by atoms with Crippen LogP contribution in [0.15, 0.2) is 29.1 Å². The first-order valence-corrected chi connectivity index (χ1v) is 11.9. The summed E-state index contributed by atoms with van der Waals surface area (Å²) < 4.78 is 5.26. The van der Waals surface area contributed by atoms with Crippen molar-refractivity contribution in [2.24, 2.45) is 0 Å². The summed E-state index contributed by atoms with van der Waals surface area (Å²) in [5, 5.41) is 0. The van der Waals surface area contributed by atoms with Gasteiger partial charge in [-0.05, 0) is 37.0 Å². The summed E-state index contributed by atoms with van der Waals surface area (Å²) in [4.78, 5) is 38.1. The van der Waals surface area contributed by atoms with E-state index in [0.29, 0.717) is 25.6 Å². The van der Waals surface area contributed by atoms with Crippen molar-refractivity contribution in [1.29, 1.82) is 0 Å². The molecule has 2 fully saturated rings. The molecule has 0 radical (unpaired) electrons. The zero-order valence-corrected chi connectivity index (χ0v) is 18.8. The molecule has 1 aliphatic carbocycles. The Balaban J connectivity index is 1.25. The second kappa shape index (κ2) is 9.06. The Morgan fingerprint density at radius 2 is 2.06 bits per heavy atom. The summed E-state index contributed by atoms with van der Waals surface area (Å²) in [7, 11) is 1.63. The van der Waals surface area contributed by atoms with E-state index in [1.165, 1.54) is 25.7 Å². The number of fused-ring (bicyclic) bond motifs is 1. The van der Waals surface area contributed by atoms with Crippen LogP contribution in [-0.2, 0) is 24.2 Å². The Morgan fingerprint density at radius 3 is 2.88 bits per heavy atom. The van der Waals surface area contributed by atoms with Gasteiger partial charge < -0.3 is 14.6 Å². The Hall–Kier alpha value is -2.67. The molecule has 0 bridgehead atoms. The topological polar surface area (TPSA) is 78.5 Å². The van der Waals surface area contributed by atoms with Crippen LogP contribution in [-0.4, -0.2) is 58.5 Å². The number of methoxy groups -OCH3 is 1. The number of amides is 1. The molecule has 170 valence electrons. The monoisotopic (exact) mass is 436 g/mol. The highest BCUT2D eigenvalue weighted by Crippen LogP contribution is 2.29. The average Bonchev–Trinajstić information content (AvgIpc) is 3.52. The summed E-state index contributed by atoms with van der Waals surface area (Å²) in [5.74, 6) is 1.71. The van der Waals surface area contributed by atoms with Crippen LogP contribution in [0.2, 0.25) is 0 Å². The lowest BCUT2D eigenvalue weighted by Crippen LogP contribution is -2.41. The minimum absolute atomic E-state index is 0.00820. The number of rotatable bonds is 5. The number of ether oxygens (including phenoxy) is 1.